The van der Waals surface area contributed by atoms with Crippen LogP contribution in [0, 0.1) is 0 Å². The Balaban J connectivity index is 3.09. The van der Waals surface area contributed by atoms with Gasteiger partial charge in [-0.3, -0.25) is 4.79 Å². The molecule has 0 spiro atoms. The minimum absolute atomic E-state index is 0.219. The van der Waals surface area contributed by atoms with Crippen molar-refractivity contribution < 1.29 is 34.7 Å². The van der Waals surface area contributed by atoms with Crippen LogP contribution in [-0.4, -0.2) is 74.7 Å². The fourth-order valence-corrected chi connectivity index (χ4v) is 2.55. The molecule has 1 fully saturated rings. The van der Waals surface area contributed by atoms with E-state index in [1.807, 2.05) is 0 Å². The SMILES string of the molecule is CC[C@@H](O)[C@@H](O)[C@@H]1OC(O)(C(=S)OC)C[C@H](O)[C@H]1NC(C)=O. The fourth-order valence-electron chi connectivity index (χ4n) is 2.42. The molecule has 128 valence electrons. The Labute approximate surface area is 134 Å². The average Bonchev–Trinajstić information content (AvgIpc) is 2.46. The molecule has 1 amide bonds. The summed E-state index contributed by atoms with van der Waals surface area (Å²) in [7, 11) is 1.24. The van der Waals surface area contributed by atoms with Gasteiger partial charge in [-0.15, -0.1) is 0 Å². The molecule has 6 atom stereocenters. The van der Waals surface area contributed by atoms with Crippen LogP contribution >= 0.6 is 12.2 Å². The molecular weight excluding hydrogens is 314 g/mol. The summed E-state index contributed by atoms with van der Waals surface area (Å²) in [4.78, 5) is 11.3. The van der Waals surface area contributed by atoms with Crippen molar-refractivity contribution in [2.24, 2.45) is 0 Å². The third kappa shape index (κ3) is 4.12. The smallest absolute Gasteiger partial charge is 0.239 e. The lowest BCUT2D eigenvalue weighted by Gasteiger charge is -2.46. The Morgan fingerprint density at radius 1 is 1.55 bits per heavy atom. The van der Waals surface area contributed by atoms with E-state index in [1.165, 1.54) is 14.0 Å². The molecule has 1 heterocycles. The number of hydrogen-bond donors (Lipinski definition) is 5. The number of aliphatic hydroxyl groups is 4. The van der Waals surface area contributed by atoms with E-state index in [4.69, 9.17) is 21.7 Å². The highest BCUT2D eigenvalue weighted by atomic mass is 32.1. The predicted octanol–water partition coefficient (Wildman–Crippen LogP) is -1.56. The van der Waals surface area contributed by atoms with Gasteiger partial charge in [0.2, 0.25) is 16.7 Å². The van der Waals surface area contributed by atoms with Gasteiger partial charge in [-0.05, 0) is 18.6 Å². The average molecular weight is 337 g/mol. The summed E-state index contributed by atoms with van der Waals surface area (Å²) >= 11 is 4.86. The summed E-state index contributed by atoms with van der Waals surface area (Å²) in [6.45, 7) is 2.89. The molecule has 1 unspecified atom stereocenters. The maximum atomic E-state index is 11.3. The molecule has 0 aromatic heterocycles. The molecule has 1 saturated heterocycles. The zero-order chi connectivity index (χ0) is 17.1. The number of amides is 1. The molecule has 1 aliphatic heterocycles. The van der Waals surface area contributed by atoms with Gasteiger partial charge in [-0.1, -0.05) is 6.92 Å². The van der Waals surface area contributed by atoms with Crippen LogP contribution in [0.4, 0.5) is 0 Å². The number of carbonyl (C=O) groups excluding carboxylic acids is 1. The van der Waals surface area contributed by atoms with Crippen LogP contribution in [0.15, 0.2) is 0 Å². The molecule has 1 aliphatic rings. The van der Waals surface area contributed by atoms with E-state index < -0.39 is 42.2 Å². The first-order valence-electron chi connectivity index (χ1n) is 6.96. The fraction of sp³-hybridized carbons (Fsp3) is 0.846. The van der Waals surface area contributed by atoms with E-state index in [0.29, 0.717) is 0 Å². The molecule has 0 radical (unpaired) electrons. The van der Waals surface area contributed by atoms with Gasteiger partial charge < -0.3 is 35.2 Å². The zero-order valence-electron chi connectivity index (χ0n) is 12.7. The monoisotopic (exact) mass is 337 g/mol. The minimum Gasteiger partial charge on any atom is -0.486 e. The van der Waals surface area contributed by atoms with Crippen molar-refractivity contribution in [3.8, 4) is 0 Å². The molecule has 5 N–H and O–H groups in total. The standard InChI is InChI=1S/C13H23NO7S/c1-4-7(16)10(18)11-9(14-6(2)15)8(17)5-13(19,21-11)12(22)20-3/h7-11,16-19H,4-5H2,1-3H3,(H,14,15)/t7-,8+,9-,10-,11-,13?/m1/s1. The van der Waals surface area contributed by atoms with Gasteiger partial charge in [0.15, 0.2) is 0 Å². The second-order valence-electron chi connectivity index (χ2n) is 5.32. The van der Waals surface area contributed by atoms with Crippen LogP contribution in [0.25, 0.3) is 0 Å². The molecule has 0 aromatic rings. The number of methoxy groups -OCH3 is 1. The lowest BCUT2D eigenvalue weighted by molar-refractivity contribution is -0.270. The highest BCUT2D eigenvalue weighted by Crippen LogP contribution is 2.32. The van der Waals surface area contributed by atoms with Crippen molar-refractivity contribution in [3.05, 3.63) is 0 Å². The van der Waals surface area contributed by atoms with E-state index in [2.05, 4.69) is 5.32 Å². The molecular formula is C13H23NO7S. The van der Waals surface area contributed by atoms with Crippen molar-refractivity contribution in [2.75, 3.05) is 7.11 Å². The highest BCUT2D eigenvalue weighted by molar-refractivity contribution is 7.80. The van der Waals surface area contributed by atoms with Gasteiger partial charge in [-0.25, -0.2) is 0 Å². The van der Waals surface area contributed by atoms with Gasteiger partial charge in [0.25, 0.3) is 0 Å². The van der Waals surface area contributed by atoms with Crippen LogP contribution in [0.2, 0.25) is 0 Å². The molecule has 0 aliphatic carbocycles. The number of hydrogen-bond acceptors (Lipinski definition) is 8. The molecule has 0 aromatic carbocycles. The molecule has 0 saturated carbocycles. The Morgan fingerprint density at radius 3 is 2.59 bits per heavy atom. The topological polar surface area (TPSA) is 128 Å². The van der Waals surface area contributed by atoms with Crippen molar-refractivity contribution in [1.29, 1.82) is 0 Å². The van der Waals surface area contributed by atoms with Crippen molar-refractivity contribution in [1.82, 2.24) is 5.32 Å². The Kier molecular flexibility index (Phi) is 6.65. The second-order valence-corrected chi connectivity index (χ2v) is 5.69. The molecule has 0 bridgehead atoms. The largest absolute Gasteiger partial charge is 0.486 e. The number of rotatable bonds is 5. The number of aliphatic hydroxyl groups excluding tert-OH is 3. The lowest BCUT2D eigenvalue weighted by Crippen LogP contribution is -2.67. The van der Waals surface area contributed by atoms with Crippen LogP contribution in [0.5, 0.6) is 0 Å². The first-order chi connectivity index (χ1) is 10.2. The van der Waals surface area contributed by atoms with Crippen LogP contribution < -0.4 is 5.32 Å². The predicted molar refractivity (Wildman–Crippen MR) is 80.0 cm³/mol. The summed E-state index contributed by atoms with van der Waals surface area (Å²) in [5.74, 6) is -2.55. The molecule has 9 heteroatoms. The van der Waals surface area contributed by atoms with Gasteiger partial charge in [0.1, 0.15) is 12.2 Å². The van der Waals surface area contributed by atoms with Crippen molar-refractivity contribution >= 4 is 23.2 Å². The summed E-state index contributed by atoms with van der Waals surface area (Å²) in [6, 6.07) is -1.01. The second kappa shape index (κ2) is 7.62. The Morgan fingerprint density at radius 2 is 2.14 bits per heavy atom. The summed E-state index contributed by atoms with van der Waals surface area (Å²) in [5.41, 5.74) is 0. The minimum atomic E-state index is -2.10. The summed E-state index contributed by atoms with van der Waals surface area (Å²) in [6.07, 6.45) is -5.23. The summed E-state index contributed by atoms with van der Waals surface area (Å²) in [5, 5.41) is 42.7. The number of thiocarbonyl (C=S) groups is 1. The third-order valence-electron chi connectivity index (χ3n) is 3.61. The van der Waals surface area contributed by atoms with Gasteiger partial charge in [0.05, 0.1) is 25.4 Å². The van der Waals surface area contributed by atoms with E-state index in [-0.39, 0.29) is 17.9 Å². The Bertz CT molecular complexity index is 421. The molecule has 22 heavy (non-hydrogen) atoms. The van der Waals surface area contributed by atoms with Crippen molar-refractivity contribution in [3.63, 3.8) is 0 Å². The van der Waals surface area contributed by atoms with Crippen LogP contribution in [0.1, 0.15) is 26.7 Å². The van der Waals surface area contributed by atoms with Crippen LogP contribution in [-0.2, 0) is 14.3 Å². The molecule has 8 nitrogen and oxygen atoms in total. The highest BCUT2D eigenvalue weighted by Gasteiger charge is 2.52. The number of carbonyl (C=O) groups is 1. The van der Waals surface area contributed by atoms with E-state index in [1.54, 1.807) is 6.92 Å². The number of ether oxygens (including phenoxy) is 2. The van der Waals surface area contributed by atoms with Gasteiger partial charge in [-0.2, -0.15) is 0 Å². The quantitative estimate of drug-likeness (QED) is 0.381. The van der Waals surface area contributed by atoms with Crippen LogP contribution in [0.3, 0.4) is 0 Å². The zero-order valence-corrected chi connectivity index (χ0v) is 13.5. The van der Waals surface area contributed by atoms with E-state index >= 15 is 0 Å². The molecule has 1 rings (SSSR count). The maximum absolute atomic E-state index is 11.3. The van der Waals surface area contributed by atoms with Gasteiger partial charge in [0, 0.05) is 13.3 Å². The third-order valence-corrected chi connectivity index (χ3v) is 4.09. The summed E-state index contributed by atoms with van der Waals surface area (Å²) < 4.78 is 10.2. The van der Waals surface area contributed by atoms with Gasteiger partial charge >= 0.3 is 0 Å². The van der Waals surface area contributed by atoms with E-state index in [0.717, 1.165) is 0 Å². The first-order valence-corrected chi connectivity index (χ1v) is 7.37. The lowest BCUT2D eigenvalue weighted by atomic mass is 9.88. The normalized spacial score (nSPS) is 34.6. The maximum Gasteiger partial charge on any atom is 0.239 e. The first kappa shape index (κ1) is 19.2. The van der Waals surface area contributed by atoms with Crippen molar-refractivity contribution in [2.45, 2.75) is 62.9 Å². The Hall–Kier alpha value is -0.840. The number of nitrogens with one attached hydrogen (secondary N) is 1. The van der Waals surface area contributed by atoms with E-state index in [9.17, 15) is 25.2 Å².